The zero-order chi connectivity index (χ0) is 14.5. The number of carboxylic acid groups (broad SMARTS) is 1. The van der Waals surface area contributed by atoms with E-state index in [2.05, 4.69) is 15.3 Å². The predicted octanol–water partition coefficient (Wildman–Crippen LogP) is 2.16. The van der Waals surface area contributed by atoms with Crippen LogP contribution < -0.4 is 5.32 Å². The second kappa shape index (κ2) is 6.29. The summed E-state index contributed by atoms with van der Waals surface area (Å²) >= 11 is 0. The van der Waals surface area contributed by atoms with Crippen LogP contribution in [0, 0.1) is 0 Å². The lowest BCUT2D eigenvalue weighted by molar-refractivity contribution is 0.0697. The molecule has 1 unspecified atom stereocenters. The average Bonchev–Trinajstić information content (AvgIpc) is 2.44. The molecule has 20 heavy (non-hydrogen) atoms. The van der Waals surface area contributed by atoms with Crippen molar-refractivity contribution in [2.24, 2.45) is 0 Å². The smallest absolute Gasteiger partial charge is 0.335 e. The number of hydrogen-bond donors (Lipinski definition) is 2. The van der Waals surface area contributed by atoms with Gasteiger partial charge in [-0.15, -0.1) is 0 Å². The molecule has 6 nitrogen and oxygen atoms in total. The highest BCUT2D eigenvalue weighted by atomic mass is 16.5. The van der Waals surface area contributed by atoms with Gasteiger partial charge in [0.25, 0.3) is 0 Å². The largest absolute Gasteiger partial charge is 0.478 e. The van der Waals surface area contributed by atoms with E-state index in [9.17, 15) is 4.79 Å². The third-order valence-corrected chi connectivity index (χ3v) is 2.84. The Kier molecular flexibility index (Phi) is 4.47. The maximum Gasteiger partial charge on any atom is 0.335 e. The summed E-state index contributed by atoms with van der Waals surface area (Å²) < 4.78 is 5.35. The Hall–Kier alpha value is -2.21. The molecule has 2 N–H and O–H groups in total. The highest BCUT2D eigenvalue weighted by Crippen LogP contribution is 2.21. The van der Waals surface area contributed by atoms with E-state index in [0.29, 0.717) is 24.5 Å². The first-order valence-electron chi connectivity index (χ1n) is 6.44. The van der Waals surface area contributed by atoms with Crippen molar-refractivity contribution in [3.8, 4) is 0 Å². The van der Waals surface area contributed by atoms with Crippen LogP contribution in [0.4, 0.5) is 5.82 Å². The lowest BCUT2D eigenvalue weighted by Crippen LogP contribution is -2.22. The van der Waals surface area contributed by atoms with Crippen LogP contribution in [0.2, 0.25) is 0 Å². The van der Waals surface area contributed by atoms with Crippen LogP contribution in [0.1, 0.15) is 24.2 Å². The maximum absolute atomic E-state index is 10.9. The Morgan fingerprint density at radius 2 is 2.25 bits per heavy atom. The van der Waals surface area contributed by atoms with Gasteiger partial charge in [-0.3, -0.25) is 0 Å². The fraction of sp³-hybridized carbons (Fsp3) is 0.357. The fourth-order valence-corrected chi connectivity index (χ4v) is 1.87. The molecule has 0 spiro atoms. The second-order valence-corrected chi connectivity index (χ2v) is 4.46. The number of ether oxygens (including phenoxy) is 1. The normalized spacial score (nSPS) is 12.3. The Balaban J connectivity index is 2.28. The molecule has 0 amide bonds. The first kappa shape index (κ1) is 14.2. The number of benzene rings is 1. The summed E-state index contributed by atoms with van der Waals surface area (Å²) in [4.78, 5) is 19.3. The molecule has 0 bridgehead atoms. The van der Waals surface area contributed by atoms with Crippen LogP contribution in [0.3, 0.4) is 0 Å². The van der Waals surface area contributed by atoms with Crippen molar-refractivity contribution in [2.75, 3.05) is 18.5 Å². The highest BCUT2D eigenvalue weighted by molar-refractivity contribution is 5.96. The molecule has 0 saturated carbocycles. The van der Waals surface area contributed by atoms with Gasteiger partial charge in [0.1, 0.15) is 12.1 Å². The van der Waals surface area contributed by atoms with Gasteiger partial charge >= 0.3 is 5.97 Å². The highest BCUT2D eigenvalue weighted by Gasteiger charge is 2.10. The summed E-state index contributed by atoms with van der Waals surface area (Å²) in [7, 11) is 0. The number of rotatable bonds is 6. The molecule has 106 valence electrons. The molecule has 0 saturated heterocycles. The van der Waals surface area contributed by atoms with Gasteiger partial charge < -0.3 is 15.2 Å². The van der Waals surface area contributed by atoms with Gasteiger partial charge in [-0.25, -0.2) is 14.8 Å². The standard InChI is InChI=1S/C14H17N3O3/c1-3-20-7-9(2)17-13-11-5-4-10(14(18)19)6-12(11)15-8-16-13/h4-6,8-9H,3,7H2,1-2H3,(H,18,19)(H,15,16,17). The van der Waals surface area contributed by atoms with Gasteiger partial charge in [-0.1, -0.05) is 0 Å². The van der Waals surface area contributed by atoms with Gasteiger partial charge in [-0.2, -0.15) is 0 Å². The number of fused-ring (bicyclic) bond motifs is 1. The monoisotopic (exact) mass is 275 g/mol. The summed E-state index contributed by atoms with van der Waals surface area (Å²) in [6, 6.07) is 4.91. The minimum absolute atomic E-state index is 0.104. The van der Waals surface area contributed by atoms with Crippen molar-refractivity contribution < 1.29 is 14.6 Å². The molecule has 0 aliphatic rings. The van der Waals surface area contributed by atoms with E-state index >= 15 is 0 Å². The minimum Gasteiger partial charge on any atom is -0.478 e. The number of nitrogens with one attached hydrogen (secondary N) is 1. The SMILES string of the molecule is CCOCC(C)Nc1ncnc2cc(C(=O)O)ccc12. The topological polar surface area (TPSA) is 84.3 Å². The zero-order valence-corrected chi connectivity index (χ0v) is 11.5. The molecular formula is C14H17N3O3. The lowest BCUT2D eigenvalue weighted by Gasteiger charge is -2.15. The maximum atomic E-state index is 10.9. The van der Waals surface area contributed by atoms with Crippen molar-refractivity contribution >= 4 is 22.7 Å². The van der Waals surface area contributed by atoms with Gasteiger partial charge in [0.05, 0.1) is 17.7 Å². The van der Waals surface area contributed by atoms with Gasteiger partial charge in [0, 0.05) is 18.0 Å². The Labute approximate surface area is 116 Å². The third kappa shape index (κ3) is 3.21. The van der Waals surface area contributed by atoms with E-state index in [4.69, 9.17) is 9.84 Å². The van der Waals surface area contributed by atoms with Crippen molar-refractivity contribution in [3.05, 3.63) is 30.1 Å². The van der Waals surface area contributed by atoms with Crippen LogP contribution in [0.5, 0.6) is 0 Å². The number of nitrogens with zero attached hydrogens (tertiary/aromatic N) is 2. The molecule has 1 heterocycles. The number of hydrogen-bond acceptors (Lipinski definition) is 5. The molecule has 1 aromatic carbocycles. The molecular weight excluding hydrogens is 258 g/mol. The average molecular weight is 275 g/mol. The number of carboxylic acids is 1. The van der Waals surface area contributed by atoms with Gasteiger partial charge in [0.2, 0.25) is 0 Å². The Bertz CT molecular complexity index is 616. The van der Waals surface area contributed by atoms with Crippen LogP contribution in [-0.2, 0) is 4.74 Å². The molecule has 0 aliphatic carbocycles. The van der Waals surface area contributed by atoms with Gasteiger partial charge in [-0.05, 0) is 32.0 Å². The molecule has 1 aromatic heterocycles. The van der Waals surface area contributed by atoms with E-state index < -0.39 is 5.97 Å². The molecule has 6 heteroatoms. The number of aromatic carboxylic acids is 1. The summed E-state index contributed by atoms with van der Waals surface area (Å²) in [5.74, 6) is -0.288. The molecule has 2 rings (SSSR count). The zero-order valence-electron chi connectivity index (χ0n) is 11.5. The molecule has 1 atom stereocenters. The van der Waals surface area contributed by atoms with Crippen molar-refractivity contribution in [1.29, 1.82) is 0 Å². The van der Waals surface area contributed by atoms with E-state index in [1.807, 2.05) is 13.8 Å². The van der Waals surface area contributed by atoms with E-state index in [1.165, 1.54) is 12.4 Å². The fourth-order valence-electron chi connectivity index (χ4n) is 1.87. The van der Waals surface area contributed by atoms with E-state index in [1.54, 1.807) is 12.1 Å². The van der Waals surface area contributed by atoms with Crippen LogP contribution in [0.15, 0.2) is 24.5 Å². The summed E-state index contributed by atoms with van der Waals surface area (Å²) in [5.41, 5.74) is 0.815. The molecule has 0 fully saturated rings. The number of anilines is 1. The Morgan fingerprint density at radius 1 is 1.45 bits per heavy atom. The molecule has 2 aromatic rings. The van der Waals surface area contributed by atoms with Crippen molar-refractivity contribution in [3.63, 3.8) is 0 Å². The second-order valence-electron chi connectivity index (χ2n) is 4.46. The lowest BCUT2D eigenvalue weighted by atomic mass is 10.1. The quantitative estimate of drug-likeness (QED) is 0.840. The molecule has 0 radical (unpaired) electrons. The Morgan fingerprint density at radius 3 is 2.95 bits per heavy atom. The summed E-state index contributed by atoms with van der Waals surface area (Å²) in [5, 5.41) is 13.0. The summed E-state index contributed by atoms with van der Waals surface area (Å²) in [6.45, 7) is 5.18. The van der Waals surface area contributed by atoms with Crippen molar-refractivity contribution in [2.45, 2.75) is 19.9 Å². The third-order valence-electron chi connectivity index (χ3n) is 2.84. The predicted molar refractivity (Wildman–Crippen MR) is 76.1 cm³/mol. The first-order valence-corrected chi connectivity index (χ1v) is 6.44. The van der Waals surface area contributed by atoms with Gasteiger partial charge in [0.15, 0.2) is 0 Å². The van der Waals surface area contributed by atoms with Crippen LogP contribution in [-0.4, -0.2) is 40.3 Å². The number of aromatic nitrogens is 2. The van der Waals surface area contributed by atoms with E-state index in [-0.39, 0.29) is 11.6 Å². The van der Waals surface area contributed by atoms with E-state index in [0.717, 1.165) is 5.39 Å². The number of carbonyl (C=O) groups is 1. The van der Waals surface area contributed by atoms with Crippen LogP contribution >= 0.6 is 0 Å². The first-order chi connectivity index (χ1) is 9.61. The van der Waals surface area contributed by atoms with Crippen LogP contribution in [0.25, 0.3) is 10.9 Å². The minimum atomic E-state index is -0.968. The van der Waals surface area contributed by atoms with Crippen molar-refractivity contribution in [1.82, 2.24) is 9.97 Å². The summed E-state index contributed by atoms with van der Waals surface area (Å²) in [6.07, 6.45) is 1.42. The molecule has 0 aliphatic heterocycles.